The van der Waals surface area contributed by atoms with Crippen LogP contribution in [0, 0.1) is 0 Å². The summed E-state index contributed by atoms with van der Waals surface area (Å²) in [6, 6.07) is 16.3. The highest BCUT2D eigenvalue weighted by Crippen LogP contribution is 2.25. The van der Waals surface area contributed by atoms with E-state index in [4.69, 9.17) is 4.74 Å². The van der Waals surface area contributed by atoms with Gasteiger partial charge in [-0.15, -0.1) is 0 Å². The van der Waals surface area contributed by atoms with Gasteiger partial charge in [-0.3, -0.25) is 4.79 Å². The SMILES string of the molecule is O=C1C[C@H](CS(=O)(=O)c2ccccc2)N1C(=O)OCc1ccccc1. The van der Waals surface area contributed by atoms with Gasteiger partial charge in [0.15, 0.2) is 9.84 Å². The Bertz CT molecular complexity index is 865. The Morgan fingerprint density at radius 3 is 2.24 bits per heavy atom. The van der Waals surface area contributed by atoms with Crippen LogP contribution in [0.5, 0.6) is 0 Å². The number of carbonyl (C=O) groups is 2. The number of ether oxygens (including phenoxy) is 1. The smallest absolute Gasteiger partial charge is 0.417 e. The molecule has 2 amide bonds. The number of hydrogen-bond donors (Lipinski definition) is 0. The molecule has 0 unspecified atom stereocenters. The first-order valence-corrected chi connectivity index (χ1v) is 9.43. The highest BCUT2D eigenvalue weighted by molar-refractivity contribution is 7.91. The number of hydrogen-bond acceptors (Lipinski definition) is 5. The van der Waals surface area contributed by atoms with Crippen LogP contribution < -0.4 is 0 Å². The van der Waals surface area contributed by atoms with E-state index in [2.05, 4.69) is 0 Å². The number of imide groups is 1. The molecule has 0 bridgehead atoms. The molecule has 0 saturated carbocycles. The molecule has 1 atom stereocenters. The molecule has 7 heteroatoms. The van der Waals surface area contributed by atoms with Gasteiger partial charge in [0.05, 0.1) is 16.7 Å². The molecule has 1 aliphatic rings. The average molecular weight is 359 g/mol. The first-order valence-electron chi connectivity index (χ1n) is 7.78. The standard InChI is InChI=1S/C18H17NO5S/c20-17-11-15(13-25(22,23)16-9-5-2-6-10-16)19(17)18(21)24-12-14-7-3-1-4-8-14/h1-10,15H,11-13H2/t15-/m1/s1. The van der Waals surface area contributed by atoms with Crippen LogP contribution in [0.3, 0.4) is 0 Å². The van der Waals surface area contributed by atoms with E-state index in [0.717, 1.165) is 10.5 Å². The van der Waals surface area contributed by atoms with E-state index in [1.165, 1.54) is 12.1 Å². The Balaban J connectivity index is 1.63. The van der Waals surface area contributed by atoms with Gasteiger partial charge >= 0.3 is 6.09 Å². The van der Waals surface area contributed by atoms with Crippen molar-refractivity contribution < 1.29 is 22.7 Å². The van der Waals surface area contributed by atoms with E-state index in [-0.39, 0.29) is 23.7 Å². The molecule has 0 aliphatic carbocycles. The molecule has 1 fully saturated rings. The van der Waals surface area contributed by atoms with Gasteiger partial charge in [0, 0.05) is 6.42 Å². The summed E-state index contributed by atoms with van der Waals surface area (Å²) >= 11 is 0. The maximum Gasteiger partial charge on any atom is 0.417 e. The molecule has 130 valence electrons. The summed E-state index contributed by atoms with van der Waals surface area (Å²) in [5, 5.41) is 0. The van der Waals surface area contributed by atoms with Crippen LogP contribution in [0.2, 0.25) is 0 Å². The summed E-state index contributed by atoms with van der Waals surface area (Å²) in [7, 11) is -3.58. The Morgan fingerprint density at radius 2 is 1.64 bits per heavy atom. The van der Waals surface area contributed by atoms with Gasteiger partial charge in [-0.2, -0.15) is 0 Å². The summed E-state index contributed by atoms with van der Waals surface area (Å²) in [5.74, 6) is -0.727. The summed E-state index contributed by atoms with van der Waals surface area (Å²) < 4.78 is 29.9. The fourth-order valence-corrected chi connectivity index (χ4v) is 4.17. The lowest BCUT2D eigenvalue weighted by Crippen LogP contribution is -2.58. The van der Waals surface area contributed by atoms with Gasteiger partial charge in [0.1, 0.15) is 6.61 Å². The third-order valence-electron chi connectivity index (χ3n) is 3.96. The topological polar surface area (TPSA) is 80.8 Å². The fourth-order valence-electron chi connectivity index (χ4n) is 2.63. The van der Waals surface area contributed by atoms with Gasteiger partial charge < -0.3 is 4.74 Å². The van der Waals surface area contributed by atoms with E-state index >= 15 is 0 Å². The number of nitrogens with zero attached hydrogens (tertiary/aromatic N) is 1. The van der Waals surface area contributed by atoms with Crippen molar-refractivity contribution in [1.29, 1.82) is 0 Å². The summed E-state index contributed by atoms with van der Waals surface area (Å²) in [5.41, 5.74) is 0.789. The second kappa shape index (κ2) is 7.06. The van der Waals surface area contributed by atoms with Crippen LogP contribution in [-0.4, -0.2) is 37.1 Å². The van der Waals surface area contributed by atoms with Gasteiger partial charge in [0.2, 0.25) is 5.91 Å². The number of amides is 2. The van der Waals surface area contributed by atoms with E-state index in [1.54, 1.807) is 30.3 Å². The third kappa shape index (κ3) is 3.88. The predicted octanol–water partition coefficient (Wildman–Crippen LogP) is 2.40. The minimum absolute atomic E-state index is 0.0203. The van der Waals surface area contributed by atoms with Crippen molar-refractivity contribution in [3.05, 3.63) is 66.2 Å². The summed E-state index contributed by atoms with van der Waals surface area (Å²) in [4.78, 5) is 24.9. The van der Waals surface area contributed by atoms with Crippen molar-refractivity contribution in [2.45, 2.75) is 24.0 Å². The molecule has 2 aromatic rings. The molecular weight excluding hydrogens is 342 g/mol. The highest BCUT2D eigenvalue weighted by atomic mass is 32.2. The van der Waals surface area contributed by atoms with Crippen LogP contribution in [0.1, 0.15) is 12.0 Å². The molecule has 0 aromatic heterocycles. The minimum atomic E-state index is -3.58. The second-order valence-corrected chi connectivity index (χ2v) is 7.79. The molecule has 3 rings (SSSR count). The minimum Gasteiger partial charge on any atom is -0.444 e. The molecule has 2 aromatic carbocycles. The second-order valence-electron chi connectivity index (χ2n) is 5.76. The van der Waals surface area contributed by atoms with E-state index < -0.39 is 27.9 Å². The lowest BCUT2D eigenvalue weighted by Gasteiger charge is -2.37. The predicted molar refractivity (Wildman–Crippen MR) is 90.4 cm³/mol. The zero-order valence-corrected chi connectivity index (χ0v) is 14.2. The molecule has 25 heavy (non-hydrogen) atoms. The van der Waals surface area contributed by atoms with Crippen LogP contribution in [0.25, 0.3) is 0 Å². The van der Waals surface area contributed by atoms with Gasteiger partial charge in [-0.05, 0) is 17.7 Å². The number of likely N-dealkylation sites (tertiary alicyclic amines) is 1. The molecule has 0 radical (unpaired) electrons. The van der Waals surface area contributed by atoms with Crippen molar-refractivity contribution in [2.24, 2.45) is 0 Å². The van der Waals surface area contributed by atoms with Crippen LogP contribution >= 0.6 is 0 Å². The van der Waals surface area contributed by atoms with Crippen molar-refractivity contribution in [1.82, 2.24) is 4.90 Å². The maximum atomic E-state index is 12.4. The van der Waals surface area contributed by atoms with Gasteiger partial charge in [0.25, 0.3) is 0 Å². The highest BCUT2D eigenvalue weighted by Gasteiger charge is 2.44. The van der Waals surface area contributed by atoms with Crippen molar-refractivity contribution in [3.8, 4) is 0 Å². The van der Waals surface area contributed by atoms with Gasteiger partial charge in [-0.1, -0.05) is 48.5 Å². The molecular formula is C18H17NO5S. The Hall–Kier alpha value is -2.67. The number of benzene rings is 2. The summed E-state index contributed by atoms with van der Waals surface area (Å²) in [6.07, 6.45) is -0.791. The van der Waals surface area contributed by atoms with Crippen molar-refractivity contribution in [3.63, 3.8) is 0 Å². The molecule has 0 spiro atoms. The van der Waals surface area contributed by atoms with E-state index in [9.17, 15) is 18.0 Å². The van der Waals surface area contributed by atoms with E-state index in [1.807, 2.05) is 18.2 Å². The van der Waals surface area contributed by atoms with Gasteiger partial charge in [-0.25, -0.2) is 18.1 Å². The van der Waals surface area contributed by atoms with Crippen molar-refractivity contribution in [2.75, 3.05) is 5.75 Å². The zero-order chi connectivity index (χ0) is 17.9. The normalized spacial score (nSPS) is 17.0. The largest absolute Gasteiger partial charge is 0.444 e. The Morgan fingerprint density at radius 1 is 1.04 bits per heavy atom. The quantitative estimate of drug-likeness (QED) is 0.766. The third-order valence-corrected chi connectivity index (χ3v) is 5.77. The molecule has 1 saturated heterocycles. The lowest BCUT2D eigenvalue weighted by atomic mass is 10.1. The number of β-lactam (4-membered cyclic amide) rings is 1. The first-order chi connectivity index (χ1) is 12.0. The molecule has 6 nitrogen and oxygen atoms in total. The van der Waals surface area contributed by atoms with Crippen LogP contribution in [0.15, 0.2) is 65.6 Å². The van der Waals surface area contributed by atoms with Crippen molar-refractivity contribution >= 4 is 21.8 Å². The van der Waals surface area contributed by atoms with E-state index in [0.29, 0.717) is 0 Å². The molecule has 1 heterocycles. The first kappa shape index (κ1) is 17.2. The van der Waals surface area contributed by atoms with Crippen LogP contribution in [0.4, 0.5) is 4.79 Å². The molecule has 0 N–H and O–H groups in total. The summed E-state index contributed by atoms with van der Waals surface area (Å²) in [6.45, 7) is 0.0294. The average Bonchev–Trinajstić information content (AvgIpc) is 2.61. The Labute approximate surface area is 145 Å². The maximum absolute atomic E-state index is 12.4. The monoisotopic (exact) mass is 359 g/mol. The Kier molecular flexibility index (Phi) is 4.85. The number of sulfone groups is 1. The lowest BCUT2D eigenvalue weighted by molar-refractivity contribution is -0.141. The fraction of sp³-hybridized carbons (Fsp3) is 0.222. The number of rotatable bonds is 5. The van der Waals surface area contributed by atoms with Crippen LogP contribution in [-0.2, 0) is 26.0 Å². The number of carbonyl (C=O) groups excluding carboxylic acids is 2. The zero-order valence-electron chi connectivity index (χ0n) is 13.4. The molecule has 1 aliphatic heterocycles.